The van der Waals surface area contributed by atoms with E-state index in [9.17, 15) is 24.0 Å². The van der Waals surface area contributed by atoms with Crippen molar-refractivity contribution in [2.75, 3.05) is 26.1 Å². The Bertz CT molecular complexity index is 1360. The van der Waals surface area contributed by atoms with Gasteiger partial charge in [-0.05, 0) is 48.1 Å². The van der Waals surface area contributed by atoms with E-state index in [-0.39, 0.29) is 46.8 Å². The van der Waals surface area contributed by atoms with E-state index < -0.39 is 40.6 Å². The summed E-state index contributed by atoms with van der Waals surface area (Å²) in [7, 11) is 2.53. The van der Waals surface area contributed by atoms with Gasteiger partial charge in [0.05, 0.1) is 41.7 Å². The number of amides is 3. The van der Waals surface area contributed by atoms with E-state index in [4.69, 9.17) is 27.9 Å². The average Bonchev–Trinajstić information content (AvgIpc) is 3.21. The Hall–Kier alpha value is -3.63. The van der Waals surface area contributed by atoms with Crippen LogP contribution < -0.4 is 16.0 Å². The summed E-state index contributed by atoms with van der Waals surface area (Å²) in [6, 6.07) is 10.6. The topological polar surface area (TPSA) is 140 Å². The highest BCUT2D eigenvalue weighted by atomic mass is 35.5. The van der Waals surface area contributed by atoms with Crippen LogP contribution in [0.2, 0.25) is 10.0 Å². The number of esters is 2. The highest BCUT2D eigenvalue weighted by Gasteiger charge is 2.58. The van der Waals surface area contributed by atoms with Gasteiger partial charge in [0.1, 0.15) is 6.04 Å². The lowest BCUT2D eigenvalue weighted by atomic mass is 9.65. The van der Waals surface area contributed by atoms with Crippen molar-refractivity contribution in [2.24, 2.45) is 16.7 Å². The first-order chi connectivity index (χ1) is 20.2. The van der Waals surface area contributed by atoms with Gasteiger partial charge in [-0.1, -0.05) is 62.2 Å². The first-order valence-electron chi connectivity index (χ1n) is 13.8. The van der Waals surface area contributed by atoms with Crippen molar-refractivity contribution in [3.05, 3.63) is 63.6 Å². The van der Waals surface area contributed by atoms with Gasteiger partial charge in [-0.25, -0.2) is 4.79 Å². The molecular weight excluding hydrogens is 597 g/mol. The molecule has 0 radical (unpaired) electrons. The molecule has 1 fully saturated rings. The zero-order valence-electron chi connectivity index (χ0n) is 24.8. The Morgan fingerprint density at radius 3 is 2.16 bits per heavy atom. The standard InChI is InChI=1S/C31H37Cl2N3O7/c1-30(2)20(13-15-31(30,3)29(41)34-16-14-24(37)42-4)26(38)36-23(28(40)43-5)17-18-9-11-19(12-10-18)35-27(39)25-21(32)7-6-8-22(25)33/h6-12,20,23H,13-17H2,1-5H3,(H,34,41)(H,35,39)(H,36,38)/t20-,23+,31+/m1/s1. The molecule has 232 valence electrons. The summed E-state index contributed by atoms with van der Waals surface area (Å²) in [6.45, 7) is 5.67. The molecule has 0 saturated heterocycles. The number of carbonyl (C=O) groups is 5. The van der Waals surface area contributed by atoms with E-state index in [1.807, 2.05) is 20.8 Å². The second-order valence-corrected chi connectivity index (χ2v) is 12.1. The summed E-state index contributed by atoms with van der Waals surface area (Å²) in [5, 5.41) is 8.82. The Morgan fingerprint density at radius 1 is 0.953 bits per heavy atom. The van der Waals surface area contributed by atoms with Crippen LogP contribution in [-0.4, -0.2) is 56.5 Å². The maximum atomic E-state index is 13.5. The third kappa shape index (κ3) is 7.67. The SMILES string of the molecule is COC(=O)CCNC(=O)[C@]1(C)CC[C@H](C(=O)N[C@@H](Cc2ccc(NC(=O)c3c(Cl)cccc3Cl)cc2)C(=O)OC)C1(C)C. The molecule has 3 atom stereocenters. The number of halogens is 2. The Kier molecular flexibility index (Phi) is 11.2. The summed E-state index contributed by atoms with van der Waals surface area (Å²) in [5.74, 6) is -2.66. The molecule has 0 unspecified atom stereocenters. The van der Waals surface area contributed by atoms with Crippen LogP contribution in [0.4, 0.5) is 5.69 Å². The fourth-order valence-corrected chi connectivity index (χ4v) is 5.99. The second kappa shape index (κ2) is 14.2. The quantitative estimate of drug-likeness (QED) is 0.308. The molecule has 1 aliphatic carbocycles. The molecule has 0 aromatic heterocycles. The molecule has 1 aliphatic rings. The fourth-order valence-electron chi connectivity index (χ4n) is 5.42. The maximum Gasteiger partial charge on any atom is 0.328 e. The summed E-state index contributed by atoms with van der Waals surface area (Å²) < 4.78 is 9.58. The van der Waals surface area contributed by atoms with Gasteiger partial charge in [-0.3, -0.25) is 19.2 Å². The molecule has 43 heavy (non-hydrogen) atoms. The fraction of sp³-hybridized carbons (Fsp3) is 0.452. The van der Waals surface area contributed by atoms with Crippen molar-refractivity contribution in [2.45, 2.75) is 52.5 Å². The Labute approximate surface area is 261 Å². The van der Waals surface area contributed by atoms with Crippen LogP contribution in [0.1, 0.15) is 56.0 Å². The normalized spacial score (nSPS) is 19.6. The Morgan fingerprint density at radius 2 is 1.58 bits per heavy atom. The molecule has 3 rings (SSSR count). The molecule has 2 aromatic rings. The zero-order chi connectivity index (χ0) is 31.9. The van der Waals surface area contributed by atoms with Crippen LogP contribution in [-0.2, 0) is 35.1 Å². The van der Waals surface area contributed by atoms with Gasteiger partial charge in [-0.15, -0.1) is 0 Å². The van der Waals surface area contributed by atoms with Crippen molar-refractivity contribution in [1.82, 2.24) is 10.6 Å². The van der Waals surface area contributed by atoms with Crippen LogP contribution in [0.5, 0.6) is 0 Å². The number of ether oxygens (including phenoxy) is 2. The predicted octanol–water partition coefficient (Wildman–Crippen LogP) is 4.57. The molecule has 1 saturated carbocycles. The lowest BCUT2D eigenvalue weighted by Crippen LogP contribution is -2.52. The van der Waals surface area contributed by atoms with Crippen molar-refractivity contribution < 1.29 is 33.4 Å². The van der Waals surface area contributed by atoms with Crippen LogP contribution in [0, 0.1) is 16.7 Å². The number of rotatable bonds is 11. The minimum Gasteiger partial charge on any atom is -0.469 e. The molecular formula is C31H37Cl2N3O7. The van der Waals surface area contributed by atoms with E-state index >= 15 is 0 Å². The minimum absolute atomic E-state index is 0.0482. The molecule has 0 heterocycles. The molecule has 2 aromatic carbocycles. The number of methoxy groups -OCH3 is 2. The number of carbonyl (C=O) groups excluding carboxylic acids is 5. The summed E-state index contributed by atoms with van der Waals surface area (Å²) in [6.07, 6.45) is 1.09. The summed E-state index contributed by atoms with van der Waals surface area (Å²) >= 11 is 12.3. The predicted molar refractivity (Wildman–Crippen MR) is 163 cm³/mol. The van der Waals surface area contributed by atoms with Gasteiger partial charge < -0.3 is 25.4 Å². The van der Waals surface area contributed by atoms with Gasteiger partial charge in [0, 0.05) is 24.6 Å². The van der Waals surface area contributed by atoms with Gasteiger partial charge in [0.15, 0.2) is 0 Å². The number of anilines is 1. The van der Waals surface area contributed by atoms with Crippen LogP contribution >= 0.6 is 23.2 Å². The molecule has 10 nitrogen and oxygen atoms in total. The van der Waals surface area contributed by atoms with Crippen molar-refractivity contribution in [3.63, 3.8) is 0 Å². The van der Waals surface area contributed by atoms with E-state index in [1.54, 1.807) is 42.5 Å². The highest BCUT2D eigenvalue weighted by Crippen LogP contribution is 2.56. The van der Waals surface area contributed by atoms with E-state index in [0.29, 0.717) is 24.1 Å². The average molecular weight is 635 g/mol. The van der Waals surface area contributed by atoms with Gasteiger partial charge in [0.2, 0.25) is 11.8 Å². The van der Waals surface area contributed by atoms with Crippen LogP contribution in [0.25, 0.3) is 0 Å². The van der Waals surface area contributed by atoms with Crippen molar-refractivity contribution in [3.8, 4) is 0 Å². The number of benzene rings is 2. The maximum absolute atomic E-state index is 13.5. The molecule has 0 spiro atoms. The lowest BCUT2D eigenvalue weighted by Gasteiger charge is -2.40. The van der Waals surface area contributed by atoms with Crippen LogP contribution in [0.3, 0.4) is 0 Å². The minimum atomic E-state index is -0.976. The monoisotopic (exact) mass is 633 g/mol. The molecule has 12 heteroatoms. The van der Waals surface area contributed by atoms with Gasteiger partial charge in [0.25, 0.3) is 5.91 Å². The second-order valence-electron chi connectivity index (χ2n) is 11.3. The van der Waals surface area contributed by atoms with Crippen molar-refractivity contribution in [1.29, 1.82) is 0 Å². The summed E-state index contributed by atoms with van der Waals surface area (Å²) in [5.41, 5.74) is -0.268. The molecule has 0 aliphatic heterocycles. The number of nitrogens with one attached hydrogen (secondary N) is 3. The van der Waals surface area contributed by atoms with E-state index in [2.05, 4.69) is 20.7 Å². The zero-order valence-corrected chi connectivity index (χ0v) is 26.4. The highest BCUT2D eigenvalue weighted by molar-refractivity contribution is 6.40. The van der Waals surface area contributed by atoms with E-state index in [0.717, 1.165) is 0 Å². The van der Waals surface area contributed by atoms with Gasteiger partial charge >= 0.3 is 11.9 Å². The molecule has 3 N–H and O–H groups in total. The largest absolute Gasteiger partial charge is 0.469 e. The third-order valence-corrected chi connectivity index (χ3v) is 9.16. The number of hydrogen-bond donors (Lipinski definition) is 3. The molecule has 3 amide bonds. The first-order valence-corrected chi connectivity index (χ1v) is 14.6. The summed E-state index contributed by atoms with van der Waals surface area (Å²) in [4.78, 5) is 63.4. The van der Waals surface area contributed by atoms with Crippen LogP contribution in [0.15, 0.2) is 42.5 Å². The first kappa shape index (κ1) is 33.9. The lowest BCUT2D eigenvalue weighted by molar-refractivity contribution is -0.147. The number of hydrogen-bond acceptors (Lipinski definition) is 7. The molecule has 0 bridgehead atoms. The van der Waals surface area contributed by atoms with Crippen molar-refractivity contribution >= 4 is 58.5 Å². The smallest absolute Gasteiger partial charge is 0.328 e. The van der Waals surface area contributed by atoms with Gasteiger partial charge in [-0.2, -0.15) is 0 Å². The Balaban J connectivity index is 1.67. The third-order valence-electron chi connectivity index (χ3n) is 8.53. The van der Waals surface area contributed by atoms with E-state index in [1.165, 1.54) is 14.2 Å².